The van der Waals surface area contributed by atoms with Crippen LogP contribution in [0.15, 0.2) is 84.9 Å². The Morgan fingerprint density at radius 3 is 2.11 bits per heavy atom. The summed E-state index contributed by atoms with van der Waals surface area (Å²) < 4.78 is 10.9. The third-order valence-corrected chi connectivity index (χ3v) is 5.38. The zero-order valence-electron chi connectivity index (χ0n) is 20.3. The summed E-state index contributed by atoms with van der Waals surface area (Å²) in [6.45, 7) is 0.289. The van der Waals surface area contributed by atoms with Crippen molar-refractivity contribution in [3.63, 3.8) is 0 Å². The van der Waals surface area contributed by atoms with Crippen LogP contribution < -0.4 is 21.1 Å². The Labute approximate surface area is 215 Å². The molecule has 5 N–H and O–H groups in total. The molecule has 9 heteroatoms. The van der Waals surface area contributed by atoms with Crippen molar-refractivity contribution in [2.45, 2.75) is 38.2 Å². The van der Waals surface area contributed by atoms with Crippen molar-refractivity contribution in [2.75, 3.05) is 6.54 Å². The quantitative estimate of drug-likeness (QED) is 0.281. The summed E-state index contributed by atoms with van der Waals surface area (Å²) in [5.41, 5.74) is 8.09. The molecule has 3 aromatic carbocycles. The van der Waals surface area contributed by atoms with Crippen LogP contribution in [0.1, 0.15) is 23.1 Å². The van der Waals surface area contributed by atoms with Crippen LogP contribution in [-0.2, 0) is 34.0 Å². The van der Waals surface area contributed by atoms with E-state index in [1.807, 2.05) is 60.7 Å². The maximum Gasteiger partial charge on any atom is 0.407 e. The maximum atomic E-state index is 12.4. The number of aliphatic hydroxyl groups is 1. The third kappa shape index (κ3) is 10.0. The van der Waals surface area contributed by atoms with Crippen LogP contribution in [0.2, 0.25) is 0 Å². The Morgan fingerprint density at radius 2 is 1.46 bits per heavy atom. The topological polar surface area (TPSA) is 140 Å². The summed E-state index contributed by atoms with van der Waals surface area (Å²) in [6, 6.07) is 25.1. The molecule has 3 rings (SSSR count). The summed E-state index contributed by atoms with van der Waals surface area (Å²) in [6.07, 6.45) is -2.06. The van der Waals surface area contributed by atoms with Gasteiger partial charge in [-0.25, -0.2) is 4.79 Å². The number of nitrogens with one attached hydrogen (secondary N) is 2. The van der Waals surface area contributed by atoms with E-state index in [1.165, 1.54) is 0 Å². The highest BCUT2D eigenvalue weighted by Crippen LogP contribution is 2.16. The fourth-order valence-electron chi connectivity index (χ4n) is 3.48. The van der Waals surface area contributed by atoms with Gasteiger partial charge in [0.25, 0.3) is 0 Å². The van der Waals surface area contributed by atoms with Crippen molar-refractivity contribution in [3.8, 4) is 5.75 Å². The normalized spacial score (nSPS) is 12.1. The van der Waals surface area contributed by atoms with Crippen LogP contribution in [0.3, 0.4) is 0 Å². The van der Waals surface area contributed by atoms with Gasteiger partial charge in [0.15, 0.2) is 0 Å². The predicted octanol–water partition coefficient (Wildman–Crippen LogP) is 2.46. The lowest BCUT2D eigenvalue weighted by molar-refractivity contribution is -0.128. The van der Waals surface area contributed by atoms with Gasteiger partial charge in [0, 0.05) is 13.0 Å². The summed E-state index contributed by atoms with van der Waals surface area (Å²) in [4.78, 5) is 36.2. The van der Waals surface area contributed by atoms with Gasteiger partial charge < -0.3 is 30.9 Å². The molecular weight excluding hydrogens is 474 g/mol. The second kappa shape index (κ2) is 14.3. The number of carbonyl (C=O) groups is 3. The Hall–Kier alpha value is -4.37. The molecule has 0 unspecified atom stereocenters. The molecule has 9 nitrogen and oxygen atoms in total. The Balaban J connectivity index is 1.43. The smallest absolute Gasteiger partial charge is 0.407 e. The number of carbonyl (C=O) groups excluding carboxylic acids is 3. The van der Waals surface area contributed by atoms with Crippen LogP contribution in [-0.4, -0.2) is 41.7 Å². The van der Waals surface area contributed by atoms with Gasteiger partial charge >= 0.3 is 6.09 Å². The molecule has 0 saturated heterocycles. The van der Waals surface area contributed by atoms with Crippen molar-refractivity contribution in [1.82, 2.24) is 10.6 Å². The molecule has 3 amide bonds. The number of primary amides is 1. The fraction of sp³-hybridized carbons (Fsp3) is 0.250. The van der Waals surface area contributed by atoms with Gasteiger partial charge in [-0.15, -0.1) is 0 Å². The van der Waals surface area contributed by atoms with Gasteiger partial charge in [0.05, 0.1) is 12.5 Å². The molecular formula is C28H31N3O6. The zero-order valence-corrected chi connectivity index (χ0v) is 20.3. The maximum absolute atomic E-state index is 12.4. The van der Waals surface area contributed by atoms with Crippen LogP contribution in [0.5, 0.6) is 5.75 Å². The number of amides is 3. The standard InChI is InChI=1S/C28H31N3O6/c29-27(34)25(15-22-12-7-13-24(14-22)36-18-20-8-3-1-4-9-20)31-26(33)16-23(32)17-30-28(35)37-19-21-10-5-2-6-11-21/h1-14,23,25,32H,15-19H2,(H2,29,34)(H,30,35)(H,31,33)/t23-,25-/m1/s1. The average molecular weight is 506 g/mol. The fourth-order valence-corrected chi connectivity index (χ4v) is 3.48. The first kappa shape index (κ1) is 27.2. The molecule has 0 fully saturated rings. The van der Waals surface area contributed by atoms with Gasteiger partial charge in [-0.1, -0.05) is 72.8 Å². The van der Waals surface area contributed by atoms with Crippen molar-refractivity contribution in [2.24, 2.45) is 5.73 Å². The molecule has 0 bridgehead atoms. The molecule has 37 heavy (non-hydrogen) atoms. The van der Waals surface area contributed by atoms with Crippen molar-refractivity contribution < 1.29 is 29.0 Å². The number of aliphatic hydroxyl groups excluding tert-OH is 1. The van der Waals surface area contributed by atoms with E-state index in [0.717, 1.165) is 16.7 Å². The highest BCUT2D eigenvalue weighted by molar-refractivity contribution is 5.87. The van der Waals surface area contributed by atoms with E-state index in [0.29, 0.717) is 12.4 Å². The number of nitrogens with two attached hydrogens (primary N) is 1. The van der Waals surface area contributed by atoms with E-state index in [1.54, 1.807) is 24.3 Å². The number of ether oxygens (including phenoxy) is 2. The molecule has 0 aliphatic carbocycles. The molecule has 3 aromatic rings. The molecule has 2 atom stereocenters. The molecule has 0 aliphatic rings. The number of benzene rings is 3. The van der Waals surface area contributed by atoms with E-state index in [2.05, 4.69) is 10.6 Å². The highest BCUT2D eigenvalue weighted by Gasteiger charge is 2.21. The van der Waals surface area contributed by atoms with E-state index in [9.17, 15) is 19.5 Å². The number of hydrogen-bond acceptors (Lipinski definition) is 6. The summed E-state index contributed by atoms with van der Waals surface area (Å²) in [5.74, 6) is -0.662. The van der Waals surface area contributed by atoms with Crippen molar-refractivity contribution in [3.05, 3.63) is 102 Å². The molecule has 0 spiro atoms. The Kier molecular flexibility index (Phi) is 10.5. The second-order valence-corrected chi connectivity index (χ2v) is 8.45. The minimum Gasteiger partial charge on any atom is -0.489 e. The predicted molar refractivity (Wildman–Crippen MR) is 137 cm³/mol. The SMILES string of the molecule is NC(=O)[C@@H](Cc1cccc(OCc2ccccc2)c1)NC(=O)C[C@@H](O)CNC(=O)OCc1ccccc1. The minimum absolute atomic E-state index is 0.0854. The minimum atomic E-state index is -1.17. The van der Waals surface area contributed by atoms with Gasteiger partial charge in [-0.2, -0.15) is 0 Å². The molecule has 0 aromatic heterocycles. The lowest BCUT2D eigenvalue weighted by Gasteiger charge is -2.18. The Bertz CT molecular complexity index is 1160. The van der Waals surface area contributed by atoms with Crippen LogP contribution in [0.25, 0.3) is 0 Å². The number of alkyl carbamates (subject to hydrolysis) is 1. The number of rotatable bonds is 13. The monoisotopic (exact) mass is 505 g/mol. The largest absolute Gasteiger partial charge is 0.489 e. The van der Waals surface area contributed by atoms with Crippen molar-refractivity contribution >= 4 is 17.9 Å². The highest BCUT2D eigenvalue weighted by atomic mass is 16.5. The van der Waals surface area contributed by atoms with Crippen molar-refractivity contribution in [1.29, 1.82) is 0 Å². The lowest BCUT2D eigenvalue weighted by Crippen LogP contribution is -2.47. The van der Waals surface area contributed by atoms with E-state index in [-0.39, 0.29) is 26.0 Å². The molecule has 0 aliphatic heterocycles. The first-order valence-electron chi connectivity index (χ1n) is 11.9. The van der Waals surface area contributed by atoms with Gasteiger partial charge in [0.2, 0.25) is 11.8 Å². The van der Waals surface area contributed by atoms with Crippen LogP contribution in [0, 0.1) is 0 Å². The van der Waals surface area contributed by atoms with Gasteiger partial charge in [0.1, 0.15) is 25.0 Å². The summed E-state index contributed by atoms with van der Waals surface area (Å²) in [7, 11) is 0. The van der Waals surface area contributed by atoms with Gasteiger partial charge in [-0.05, 0) is 28.8 Å². The second-order valence-electron chi connectivity index (χ2n) is 8.45. The first-order valence-corrected chi connectivity index (χ1v) is 11.9. The summed E-state index contributed by atoms with van der Waals surface area (Å²) >= 11 is 0. The Morgan fingerprint density at radius 1 is 0.838 bits per heavy atom. The molecule has 0 heterocycles. The van der Waals surface area contributed by atoms with Gasteiger partial charge in [-0.3, -0.25) is 9.59 Å². The lowest BCUT2D eigenvalue weighted by atomic mass is 10.0. The van der Waals surface area contributed by atoms with E-state index >= 15 is 0 Å². The van der Waals surface area contributed by atoms with Crippen LogP contribution in [0.4, 0.5) is 4.79 Å². The molecule has 194 valence electrons. The average Bonchev–Trinajstić information content (AvgIpc) is 2.90. The summed E-state index contributed by atoms with van der Waals surface area (Å²) in [5, 5.41) is 15.1. The van der Waals surface area contributed by atoms with E-state index in [4.69, 9.17) is 15.2 Å². The first-order chi connectivity index (χ1) is 17.9. The molecule has 0 saturated carbocycles. The van der Waals surface area contributed by atoms with E-state index < -0.39 is 30.1 Å². The third-order valence-electron chi connectivity index (χ3n) is 5.38. The zero-order chi connectivity index (χ0) is 26.5. The number of hydrogen-bond donors (Lipinski definition) is 4. The molecule has 0 radical (unpaired) electrons. The van der Waals surface area contributed by atoms with Crippen LogP contribution >= 0.6 is 0 Å².